The first-order valence-electron chi connectivity index (χ1n) is 7.68. The van der Waals surface area contributed by atoms with Gasteiger partial charge in [0.1, 0.15) is 11.6 Å². The van der Waals surface area contributed by atoms with Crippen molar-refractivity contribution < 1.29 is 8.78 Å². The third kappa shape index (κ3) is 3.11. The molecule has 1 saturated heterocycles. The number of rotatable bonds is 3. The van der Waals surface area contributed by atoms with Gasteiger partial charge in [-0.05, 0) is 50.3 Å². The lowest BCUT2D eigenvalue weighted by Crippen LogP contribution is -2.44. The highest BCUT2D eigenvalue weighted by atomic mass is 19.1. The molecule has 3 rings (SSSR count). The number of anilines is 1. The van der Waals surface area contributed by atoms with Crippen molar-refractivity contribution in [1.29, 1.82) is 0 Å². The van der Waals surface area contributed by atoms with Crippen LogP contribution in [0.3, 0.4) is 0 Å². The molecule has 1 saturated carbocycles. The second kappa shape index (κ2) is 6.08. The lowest BCUT2D eigenvalue weighted by Gasteiger charge is -2.33. The van der Waals surface area contributed by atoms with Crippen molar-refractivity contribution in [3.63, 3.8) is 0 Å². The van der Waals surface area contributed by atoms with Crippen LogP contribution >= 0.6 is 0 Å². The van der Waals surface area contributed by atoms with Gasteiger partial charge in [-0.1, -0.05) is 12.8 Å². The highest BCUT2D eigenvalue weighted by Crippen LogP contribution is 2.33. The first-order chi connectivity index (χ1) is 9.72. The summed E-state index contributed by atoms with van der Waals surface area (Å²) in [7, 11) is 0. The van der Waals surface area contributed by atoms with Gasteiger partial charge < -0.3 is 10.6 Å². The molecule has 1 aliphatic heterocycles. The second-order valence-corrected chi connectivity index (χ2v) is 6.06. The van der Waals surface area contributed by atoms with E-state index < -0.39 is 11.6 Å². The van der Waals surface area contributed by atoms with Gasteiger partial charge in [-0.15, -0.1) is 0 Å². The number of nitrogens with one attached hydrogen (secondary N) is 2. The van der Waals surface area contributed by atoms with Crippen molar-refractivity contribution in [2.75, 3.05) is 11.9 Å². The summed E-state index contributed by atoms with van der Waals surface area (Å²) >= 11 is 0. The zero-order valence-electron chi connectivity index (χ0n) is 11.7. The van der Waals surface area contributed by atoms with Gasteiger partial charge in [-0.25, -0.2) is 8.78 Å². The summed E-state index contributed by atoms with van der Waals surface area (Å²) in [4.78, 5) is 0. The Labute approximate surface area is 118 Å². The van der Waals surface area contributed by atoms with Gasteiger partial charge in [0, 0.05) is 23.8 Å². The van der Waals surface area contributed by atoms with E-state index in [1.54, 1.807) is 0 Å². The minimum Gasteiger partial charge on any atom is -0.382 e. The third-order valence-corrected chi connectivity index (χ3v) is 4.65. The molecule has 2 N–H and O–H groups in total. The average molecular weight is 280 g/mol. The van der Waals surface area contributed by atoms with Crippen molar-refractivity contribution >= 4 is 5.69 Å². The Balaban J connectivity index is 1.68. The molecular formula is C16H22F2N2. The van der Waals surface area contributed by atoms with Crippen LogP contribution in [-0.4, -0.2) is 18.6 Å². The molecule has 0 spiro atoms. The maximum atomic E-state index is 13.3. The summed E-state index contributed by atoms with van der Waals surface area (Å²) in [5.41, 5.74) is 0.565. The van der Waals surface area contributed by atoms with Gasteiger partial charge in [0.05, 0.1) is 0 Å². The SMILES string of the molecule is Fc1cc(F)cc(NC2CCCC2C2CCCCN2)c1. The zero-order valence-corrected chi connectivity index (χ0v) is 11.7. The van der Waals surface area contributed by atoms with Gasteiger partial charge in [0.2, 0.25) is 0 Å². The standard InChI is InChI=1S/C16H22F2N2/c17-11-8-12(18)10-13(9-11)20-16-6-3-4-14(16)15-5-1-2-7-19-15/h8-10,14-16,19-20H,1-7H2. The highest BCUT2D eigenvalue weighted by Gasteiger charge is 2.34. The van der Waals surface area contributed by atoms with E-state index in [1.165, 1.54) is 44.2 Å². The molecule has 3 atom stereocenters. The van der Waals surface area contributed by atoms with E-state index in [9.17, 15) is 8.78 Å². The van der Waals surface area contributed by atoms with E-state index in [4.69, 9.17) is 0 Å². The summed E-state index contributed by atoms with van der Waals surface area (Å²) in [6.45, 7) is 1.10. The van der Waals surface area contributed by atoms with Gasteiger partial charge in [0.25, 0.3) is 0 Å². The number of halogens is 2. The zero-order chi connectivity index (χ0) is 13.9. The third-order valence-electron chi connectivity index (χ3n) is 4.65. The molecule has 2 aliphatic rings. The van der Waals surface area contributed by atoms with Crippen molar-refractivity contribution in [2.24, 2.45) is 5.92 Å². The van der Waals surface area contributed by atoms with Crippen LogP contribution in [0, 0.1) is 17.6 Å². The van der Waals surface area contributed by atoms with Crippen molar-refractivity contribution in [3.8, 4) is 0 Å². The molecule has 1 aromatic rings. The minimum atomic E-state index is -0.516. The number of piperidine rings is 1. The van der Waals surface area contributed by atoms with Gasteiger partial charge in [-0.2, -0.15) is 0 Å². The molecule has 1 aliphatic carbocycles. The molecule has 110 valence electrons. The number of benzene rings is 1. The monoisotopic (exact) mass is 280 g/mol. The Morgan fingerprint density at radius 3 is 2.45 bits per heavy atom. The van der Waals surface area contributed by atoms with E-state index in [1.807, 2.05) is 0 Å². The van der Waals surface area contributed by atoms with E-state index in [0.717, 1.165) is 19.0 Å². The predicted molar refractivity (Wildman–Crippen MR) is 76.8 cm³/mol. The minimum absolute atomic E-state index is 0.326. The van der Waals surface area contributed by atoms with E-state index in [-0.39, 0.29) is 0 Å². The maximum absolute atomic E-state index is 13.3. The van der Waals surface area contributed by atoms with Crippen molar-refractivity contribution in [2.45, 2.75) is 50.6 Å². The summed E-state index contributed by atoms with van der Waals surface area (Å²) in [6, 6.07) is 4.56. The lowest BCUT2D eigenvalue weighted by atomic mass is 9.88. The Kier molecular flexibility index (Phi) is 4.20. The molecule has 0 radical (unpaired) electrons. The molecule has 0 aromatic heterocycles. The predicted octanol–water partition coefficient (Wildman–Crippen LogP) is 3.69. The van der Waals surface area contributed by atoms with Crippen LogP contribution in [0.1, 0.15) is 38.5 Å². The number of hydrogen-bond acceptors (Lipinski definition) is 2. The first-order valence-corrected chi connectivity index (χ1v) is 7.68. The molecule has 2 fully saturated rings. The number of hydrogen-bond donors (Lipinski definition) is 2. The second-order valence-electron chi connectivity index (χ2n) is 6.06. The molecule has 0 amide bonds. The molecular weight excluding hydrogens is 258 g/mol. The quantitative estimate of drug-likeness (QED) is 0.882. The van der Waals surface area contributed by atoms with E-state index >= 15 is 0 Å². The average Bonchev–Trinajstić information content (AvgIpc) is 2.86. The van der Waals surface area contributed by atoms with Crippen LogP contribution in [0.25, 0.3) is 0 Å². The Bertz CT molecular complexity index is 438. The first kappa shape index (κ1) is 13.8. The van der Waals surface area contributed by atoms with E-state index in [0.29, 0.717) is 23.7 Å². The van der Waals surface area contributed by atoms with Crippen molar-refractivity contribution in [3.05, 3.63) is 29.8 Å². The Morgan fingerprint density at radius 1 is 0.950 bits per heavy atom. The van der Waals surface area contributed by atoms with Crippen molar-refractivity contribution in [1.82, 2.24) is 5.32 Å². The molecule has 20 heavy (non-hydrogen) atoms. The highest BCUT2D eigenvalue weighted by molar-refractivity contribution is 5.45. The van der Waals surface area contributed by atoms with Crippen LogP contribution in [0.2, 0.25) is 0 Å². The lowest BCUT2D eigenvalue weighted by molar-refractivity contribution is 0.286. The van der Waals surface area contributed by atoms with Crippen LogP contribution in [-0.2, 0) is 0 Å². The van der Waals surface area contributed by atoms with Crippen LogP contribution < -0.4 is 10.6 Å². The molecule has 1 aromatic carbocycles. The molecule has 4 heteroatoms. The van der Waals surface area contributed by atoms with Crippen LogP contribution in [0.5, 0.6) is 0 Å². The van der Waals surface area contributed by atoms with Gasteiger partial charge in [-0.3, -0.25) is 0 Å². The summed E-state index contributed by atoms with van der Waals surface area (Å²) < 4.78 is 26.5. The summed E-state index contributed by atoms with van der Waals surface area (Å²) in [6.07, 6.45) is 7.25. The topological polar surface area (TPSA) is 24.1 Å². The maximum Gasteiger partial charge on any atom is 0.128 e. The van der Waals surface area contributed by atoms with Gasteiger partial charge >= 0.3 is 0 Å². The summed E-state index contributed by atoms with van der Waals surface area (Å²) in [5.74, 6) is -0.461. The molecule has 0 bridgehead atoms. The fourth-order valence-corrected chi connectivity index (χ4v) is 3.75. The van der Waals surface area contributed by atoms with E-state index in [2.05, 4.69) is 10.6 Å². The van der Waals surface area contributed by atoms with Crippen LogP contribution in [0.15, 0.2) is 18.2 Å². The Morgan fingerprint density at radius 2 is 1.75 bits per heavy atom. The molecule has 3 unspecified atom stereocenters. The Hall–Kier alpha value is -1.16. The normalized spacial score (nSPS) is 30.4. The van der Waals surface area contributed by atoms with Gasteiger partial charge in [0.15, 0.2) is 0 Å². The fourth-order valence-electron chi connectivity index (χ4n) is 3.75. The molecule has 2 nitrogen and oxygen atoms in total. The molecule has 1 heterocycles. The smallest absolute Gasteiger partial charge is 0.128 e. The largest absolute Gasteiger partial charge is 0.382 e. The fraction of sp³-hybridized carbons (Fsp3) is 0.625. The summed E-state index contributed by atoms with van der Waals surface area (Å²) in [5, 5.41) is 6.96. The van der Waals surface area contributed by atoms with Crippen LogP contribution in [0.4, 0.5) is 14.5 Å².